The third-order valence-electron chi connectivity index (χ3n) is 4.04. The molecule has 1 aliphatic heterocycles. The first-order valence-corrected chi connectivity index (χ1v) is 8.61. The van der Waals surface area contributed by atoms with Crippen molar-refractivity contribution in [3.63, 3.8) is 0 Å². The number of hydrogen-bond acceptors (Lipinski definition) is 4. The molecule has 0 bridgehead atoms. The van der Waals surface area contributed by atoms with Gasteiger partial charge in [0, 0.05) is 23.8 Å². The first kappa shape index (κ1) is 16.4. The zero-order valence-electron chi connectivity index (χ0n) is 13.5. The maximum atomic E-state index is 12.3. The van der Waals surface area contributed by atoms with Crippen LogP contribution in [0, 0.1) is 0 Å². The maximum Gasteiger partial charge on any atom is 0.265 e. The van der Waals surface area contributed by atoms with E-state index in [-0.39, 0.29) is 23.6 Å². The molecule has 1 N–H and O–H groups in total. The Bertz CT molecular complexity index is 812. The van der Waals surface area contributed by atoms with Crippen molar-refractivity contribution in [3.05, 3.63) is 46.2 Å². The Morgan fingerprint density at radius 3 is 2.58 bits per heavy atom. The minimum Gasteiger partial charge on any atom is -0.321 e. The SMILES string of the molecule is CC(=O)c1ccc(C(=O)Nc2cccc(N3C(=O)CCC3C)c2)s1. The van der Waals surface area contributed by atoms with Gasteiger partial charge in [-0.1, -0.05) is 6.07 Å². The van der Waals surface area contributed by atoms with Crippen LogP contribution in [-0.4, -0.2) is 23.6 Å². The molecule has 1 atom stereocenters. The van der Waals surface area contributed by atoms with E-state index in [1.54, 1.807) is 29.2 Å². The lowest BCUT2D eigenvalue weighted by molar-refractivity contribution is -0.117. The van der Waals surface area contributed by atoms with Crippen LogP contribution in [-0.2, 0) is 4.79 Å². The summed E-state index contributed by atoms with van der Waals surface area (Å²) in [6.07, 6.45) is 1.40. The Kier molecular flexibility index (Phi) is 4.49. The molecule has 2 amide bonds. The van der Waals surface area contributed by atoms with E-state index in [1.807, 2.05) is 19.1 Å². The lowest BCUT2D eigenvalue weighted by atomic mass is 10.2. The molecule has 124 valence electrons. The van der Waals surface area contributed by atoms with Crippen molar-refractivity contribution in [1.82, 2.24) is 0 Å². The second kappa shape index (κ2) is 6.57. The fourth-order valence-corrected chi connectivity index (χ4v) is 3.60. The normalized spacial score (nSPS) is 17.2. The first-order valence-electron chi connectivity index (χ1n) is 7.80. The summed E-state index contributed by atoms with van der Waals surface area (Å²) in [5.41, 5.74) is 1.42. The van der Waals surface area contributed by atoms with Crippen molar-refractivity contribution >= 4 is 40.3 Å². The van der Waals surface area contributed by atoms with Gasteiger partial charge in [-0.25, -0.2) is 0 Å². The average molecular weight is 342 g/mol. The molecule has 1 unspecified atom stereocenters. The number of anilines is 2. The Labute approximate surface area is 144 Å². The average Bonchev–Trinajstić information content (AvgIpc) is 3.15. The summed E-state index contributed by atoms with van der Waals surface area (Å²) in [4.78, 5) is 38.5. The molecular weight excluding hydrogens is 324 g/mol. The van der Waals surface area contributed by atoms with Gasteiger partial charge in [-0.15, -0.1) is 11.3 Å². The molecule has 1 aliphatic rings. The summed E-state index contributed by atoms with van der Waals surface area (Å²) in [7, 11) is 0. The third-order valence-corrected chi connectivity index (χ3v) is 5.23. The van der Waals surface area contributed by atoms with Gasteiger partial charge in [-0.05, 0) is 50.6 Å². The number of amides is 2. The molecule has 0 spiro atoms. The Balaban J connectivity index is 1.78. The molecule has 3 rings (SSSR count). The van der Waals surface area contributed by atoms with E-state index in [2.05, 4.69) is 5.32 Å². The molecule has 0 saturated carbocycles. The molecule has 1 saturated heterocycles. The highest BCUT2D eigenvalue weighted by Gasteiger charge is 2.28. The minimum atomic E-state index is -0.259. The molecule has 1 aromatic heterocycles. The number of carbonyl (C=O) groups is 3. The number of ketones is 1. The van der Waals surface area contributed by atoms with Crippen LogP contribution in [0.4, 0.5) is 11.4 Å². The van der Waals surface area contributed by atoms with E-state index in [0.717, 1.165) is 12.1 Å². The number of nitrogens with zero attached hydrogens (tertiary/aromatic N) is 1. The highest BCUT2D eigenvalue weighted by molar-refractivity contribution is 7.16. The molecule has 0 radical (unpaired) electrons. The standard InChI is InChI=1S/C18H18N2O3S/c1-11-6-9-17(22)20(11)14-5-3-4-13(10-14)19-18(23)16-8-7-15(24-16)12(2)21/h3-5,7-8,10-11H,6,9H2,1-2H3,(H,19,23). The van der Waals surface area contributed by atoms with Crippen molar-refractivity contribution in [1.29, 1.82) is 0 Å². The number of nitrogens with one attached hydrogen (secondary N) is 1. The van der Waals surface area contributed by atoms with Gasteiger partial charge in [0.15, 0.2) is 5.78 Å². The zero-order chi connectivity index (χ0) is 17.3. The lowest BCUT2D eigenvalue weighted by Crippen LogP contribution is -2.30. The smallest absolute Gasteiger partial charge is 0.265 e. The largest absolute Gasteiger partial charge is 0.321 e. The molecule has 1 fully saturated rings. The number of hydrogen-bond donors (Lipinski definition) is 1. The highest BCUT2D eigenvalue weighted by atomic mass is 32.1. The lowest BCUT2D eigenvalue weighted by Gasteiger charge is -2.22. The first-order chi connectivity index (χ1) is 11.5. The van der Waals surface area contributed by atoms with Crippen LogP contribution >= 0.6 is 11.3 Å². The topological polar surface area (TPSA) is 66.5 Å². The summed E-state index contributed by atoms with van der Waals surface area (Å²) in [6, 6.07) is 10.7. The van der Waals surface area contributed by atoms with Gasteiger partial charge in [-0.2, -0.15) is 0 Å². The van der Waals surface area contributed by atoms with Crippen molar-refractivity contribution in [2.75, 3.05) is 10.2 Å². The van der Waals surface area contributed by atoms with Gasteiger partial charge in [0.1, 0.15) is 0 Å². The van der Waals surface area contributed by atoms with E-state index in [1.165, 1.54) is 18.3 Å². The van der Waals surface area contributed by atoms with Gasteiger partial charge in [-0.3, -0.25) is 14.4 Å². The van der Waals surface area contributed by atoms with Gasteiger partial charge >= 0.3 is 0 Å². The number of thiophene rings is 1. The van der Waals surface area contributed by atoms with Gasteiger partial charge in [0.05, 0.1) is 9.75 Å². The van der Waals surface area contributed by atoms with Crippen molar-refractivity contribution in [2.45, 2.75) is 32.7 Å². The van der Waals surface area contributed by atoms with Crippen LogP contribution in [0.2, 0.25) is 0 Å². The second-order valence-corrected chi connectivity index (χ2v) is 6.96. The van der Waals surface area contributed by atoms with E-state index in [4.69, 9.17) is 0 Å². The predicted octanol–water partition coefficient (Wildman–Crippen LogP) is 3.72. The van der Waals surface area contributed by atoms with Crippen molar-refractivity contribution in [2.24, 2.45) is 0 Å². The third kappa shape index (κ3) is 3.23. The molecule has 1 aromatic carbocycles. The predicted molar refractivity (Wildman–Crippen MR) is 94.9 cm³/mol. The molecule has 2 heterocycles. The summed E-state index contributed by atoms with van der Waals surface area (Å²) in [6.45, 7) is 3.50. The summed E-state index contributed by atoms with van der Waals surface area (Å²) >= 11 is 1.17. The maximum absolute atomic E-state index is 12.3. The summed E-state index contributed by atoms with van der Waals surface area (Å²) < 4.78 is 0. The number of Topliss-reactive ketones (excluding diaryl/α,β-unsaturated/α-hetero) is 1. The van der Waals surface area contributed by atoms with Crippen LogP contribution < -0.4 is 10.2 Å². The Morgan fingerprint density at radius 1 is 1.21 bits per heavy atom. The monoisotopic (exact) mass is 342 g/mol. The number of benzene rings is 1. The number of carbonyl (C=O) groups excluding carboxylic acids is 3. The van der Waals surface area contributed by atoms with Gasteiger partial charge < -0.3 is 10.2 Å². The van der Waals surface area contributed by atoms with E-state index in [0.29, 0.717) is 21.9 Å². The summed E-state index contributed by atoms with van der Waals surface area (Å²) in [5.74, 6) is -0.205. The van der Waals surface area contributed by atoms with E-state index < -0.39 is 0 Å². The highest BCUT2D eigenvalue weighted by Crippen LogP contribution is 2.28. The molecule has 0 aliphatic carbocycles. The molecule has 5 nitrogen and oxygen atoms in total. The molecule has 24 heavy (non-hydrogen) atoms. The Morgan fingerprint density at radius 2 is 1.96 bits per heavy atom. The van der Waals surface area contributed by atoms with Gasteiger partial charge in [0.2, 0.25) is 5.91 Å². The van der Waals surface area contributed by atoms with E-state index in [9.17, 15) is 14.4 Å². The van der Waals surface area contributed by atoms with Gasteiger partial charge in [0.25, 0.3) is 5.91 Å². The van der Waals surface area contributed by atoms with E-state index >= 15 is 0 Å². The molecule has 6 heteroatoms. The van der Waals surface area contributed by atoms with Crippen LogP contribution in [0.15, 0.2) is 36.4 Å². The van der Waals surface area contributed by atoms with Crippen LogP contribution in [0.1, 0.15) is 46.0 Å². The van der Waals surface area contributed by atoms with Crippen LogP contribution in [0.5, 0.6) is 0 Å². The van der Waals surface area contributed by atoms with Crippen LogP contribution in [0.3, 0.4) is 0 Å². The fourth-order valence-electron chi connectivity index (χ4n) is 2.80. The minimum absolute atomic E-state index is 0.0532. The Hall–Kier alpha value is -2.47. The molecular formula is C18H18N2O3S. The zero-order valence-corrected chi connectivity index (χ0v) is 14.4. The fraction of sp³-hybridized carbons (Fsp3) is 0.278. The molecule has 2 aromatic rings. The number of rotatable bonds is 4. The van der Waals surface area contributed by atoms with Crippen LogP contribution in [0.25, 0.3) is 0 Å². The quantitative estimate of drug-likeness (QED) is 0.861. The van der Waals surface area contributed by atoms with Crippen molar-refractivity contribution in [3.8, 4) is 0 Å². The summed E-state index contributed by atoms with van der Waals surface area (Å²) in [5, 5.41) is 2.83. The van der Waals surface area contributed by atoms with Crippen molar-refractivity contribution < 1.29 is 14.4 Å². The second-order valence-electron chi connectivity index (χ2n) is 5.88.